The number of sulfonamides is 1. The Bertz CT molecular complexity index is 1110. The molecule has 2 aromatic rings. The molecule has 2 aromatic carbocycles. The zero-order valence-electron chi connectivity index (χ0n) is 18.8. The van der Waals surface area contributed by atoms with Crippen molar-refractivity contribution in [2.75, 3.05) is 37.7 Å². The quantitative estimate of drug-likeness (QED) is 0.685. The molecule has 1 amide bonds. The van der Waals surface area contributed by atoms with Gasteiger partial charge in [-0.25, -0.2) is 8.42 Å². The number of nitrogens with zero attached hydrogens (tertiary/aromatic N) is 2. The summed E-state index contributed by atoms with van der Waals surface area (Å²) in [7, 11) is -3.66. The molecule has 0 aromatic heterocycles. The summed E-state index contributed by atoms with van der Waals surface area (Å²) < 4.78 is 38.8. The number of carbonyl (C=O) groups excluding carboxylic acids is 1. The minimum absolute atomic E-state index is 0.0656. The highest BCUT2D eigenvalue weighted by Crippen LogP contribution is 2.34. The number of hydrogen-bond donors (Lipinski definition) is 0. The van der Waals surface area contributed by atoms with Crippen molar-refractivity contribution < 1.29 is 22.7 Å². The topological polar surface area (TPSA) is 76.2 Å². The third kappa shape index (κ3) is 4.34. The summed E-state index contributed by atoms with van der Waals surface area (Å²) >= 11 is 0. The molecular formula is C24H30N2O5S. The highest BCUT2D eigenvalue weighted by Gasteiger charge is 2.34. The van der Waals surface area contributed by atoms with E-state index in [4.69, 9.17) is 9.47 Å². The van der Waals surface area contributed by atoms with Crippen molar-refractivity contribution in [1.29, 1.82) is 0 Å². The standard InChI is InChI=1S/C24H30N2O5S/c1-4-26(21-7-5-17(2)15-18(21)3)24(27)19-9-11-25(12-10-19)32(28,29)20-6-8-22-23(16-20)31-14-13-30-22/h5-8,15-16,19H,4,9-14H2,1-3H3. The van der Waals surface area contributed by atoms with Gasteiger partial charge in [0, 0.05) is 37.3 Å². The van der Waals surface area contributed by atoms with Crippen LogP contribution in [0.15, 0.2) is 41.3 Å². The van der Waals surface area contributed by atoms with Crippen LogP contribution in [-0.4, -0.2) is 51.5 Å². The Balaban J connectivity index is 1.45. The number of piperidine rings is 1. The molecule has 0 atom stereocenters. The zero-order valence-corrected chi connectivity index (χ0v) is 19.7. The van der Waals surface area contributed by atoms with Gasteiger partial charge in [-0.1, -0.05) is 17.7 Å². The van der Waals surface area contributed by atoms with E-state index in [1.54, 1.807) is 12.1 Å². The van der Waals surface area contributed by atoms with Crippen LogP contribution in [0.2, 0.25) is 0 Å². The largest absolute Gasteiger partial charge is 0.486 e. The number of ether oxygens (including phenoxy) is 2. The second kappa shape index (κ2) is 9.11. The van der Waals surface area contributed by atoms with E-state index in [1.165, 1.54) is 10.4 Å². The van der Waals surface area contributed by atoms with E-state index in [-0.39, 0.29) is 16.7 Å². The highest BCUT2D eigenvalue weighted by atomic mass is 32.2. The third-order valence-corrected chi connectivity index (χ3v) is 8.07. The van der Waals surface area contributed by atoms with E-state index < -0.39 is 10.0 Å². The van der Waals surface area contributed by atoms with Crippen LogP contribution in [0.4, 0.5) is 5.69 Å². The van der Waals surface area contributed by atoms with Crippen molar-refractivity contribution in [2.45, 2.75) is 38.5 Å². The molecule has 32 heavy (non-hydrogen) atoms. The molecule has 2 heterocycles. The fourth-order valence-electron chi connectivity index (χ4n) is 4.45. The van der Waals surface area contributed by atoms with Crippen LogP contribution in [0.1, 0.15) is 30.9 Å². The molecule has 0 saturated carbocycles. The van der Waals surface area contributed by atoms with Gasteiger partial charge in [-0.05, 0) is 57.4 Å². The number of amides is 1. The lowest BCUT2D eigenvalue weighted by Gasteiger charge is -2.34. The average molecular weight is 459 g/mol. The number of benzene rings is 2. The van der Waals surface area contributed by atoms with Crippen LogP contribution >= 0.6 is 0 Å². The first-order valence-corrected chi connectivity index (χ1v) is 12.5. The minimum atomic E-state index is -3.66. The summed E-state index contributed by atoms with van der Waals surface area (Å²) in [6.07, 6.45) is 1.01. The predicted octanol–water partition coefficient (Wildman–Crippen LogP) is 3.53. The van der Waals surface area contributed by atoms with Crippen molar-refractivity contribution in [3.63, 3.8) is 0 Å². The average Bonchev–Trinajstić information content (AvgIpc) is 2.80. The highest BCUT2D eigenvalue weighted by molar-refractivity contribution is 7.89. The summed E-state index contributed by atoms with van der Waals surface area (Å²) in [5.41, 5.74) is 3.15. The van der Waals surface area contributed by atoms with Crippen LogP contribution in [0, 0.1) is 19.8 Å². The molecule has 0 bridgehead atoms. The molecule has 0 radical (unpaired) electrons. The van der Waals surface area contributed by atoms with Crippen molar-refractivity contribution in [3.05, 3.63) is 47.5 Å². The molecule has 0 unspecified atom stereocenters. The number of carbonyl (C=O) groups is 1. The zero-order chi connectivity index (χ0) is 22.9. The van der Waals surface area contributed by atoms with E-state index in [0.717, 1.165) is 16.8 Å². The molecule has 172 valence electrons. The molecular weight excluding hydrogens is 428 g/mol. The van der Waals surface area contributed by atoms with Gasteiger partial charge in [0.2, 0.25) is 15.9 Å². The lowest BCUT2D eigenvalue weighted by molar-refractivity contribution is -0.123. The van der Waals surface area contributed by atoms with Crippen LogP contribution in [-0.2, 0) is 14.8 Å². The van der Waals surface area contributed by atoms with E-state index in [1.807, 2.05) is 37.8 Å². The van der Waals surface area contributed by atoms with E-state index >= 15 is 0 Å². The maximum Gasteiger partial charge on any atom is 0.243 e. The van der Waals surface area contributed by atoms with Crippen LogP contribution in [0.25, 0.3) is 0 Å². The number of anilines is 1. The van der Waals surface area contributed by atoms with Gasteiger partial charge in [0.1, 0.15) is 13.2 Å². The lowest BCUT2D eigenvalue weighted by atomic mass is 9.96. The van der Waals surface area contributed by atoms with Crippen LogP contribution < -0.4 is 14.4 Å². The van der Waals surface area contributed by atoms with Crippen molar-refractivity contribution >= 4 is 21.6 Å². The fraction of sp³-hybridized carbons (Fsp3) is 0.458. The minimum Gasteiger partial charge on any atom is -0.486 e. The second-order valence-electron chi connectivity index (χ2n) is 8.36. The van der Waals surface area contributed by atoms with Crippen molar-refractivity contribution in [1.82, 2.24) is 4.31 Å². The molecule has 1 fully saturated rings. The van der Waals surface area contributed by atoms with Gasteiger partial charge >= 0.3 is 0 Å². The number of hydrogen-bond acceptors (Lipinski definition) is 5. The molecule has 8 heteroatoms. The summed E-state index contributed by atoms with van der Waals surface area (Å²) in [6.45, 7) is 8.09. The van der Waals surface area contributed by atoms with Gasteiger partial charge in [-0.2, -0.15) is 4.31 Å². The predicted molar refractivity (Wildman–Crippen MR) is 123 cm³/mol. The SMILES string of the molecule is CCN(C(=O)C1CCN(S(=O)(=O)c2ccc3c(c2)OCCO3)CC1)c1ccc(C)cc1C. The first-order chi connectivity index (χ1) is 15.3. The number of rotatable bonds is 5. The second-order valence-corrected chi connectivity index (χ2v) is 10.3. The molecule has 1 saturated heterocycles. The Morgan fingerprint density at radius 2 is 1.72 bits per heavy atom. The Kier molecular flexibility index (Phi) is 6.44. The van der Waals surface area contributed by atoms with E-state index in [2.05, 4.69) is 6.07 Å². The molecule has 2 aliphatic rings. The Labute approximate surface area is 190 Å². The summed E-state index contributed by atoms with van der Waals surface area (Å²) in [6, 6.07) is 10.8. The summed E-state index contributed by atoms with van der Waals surface area (Å²) in [4.78, 5) is 15.3. The fourth-order valence-corrected chi connectivity index (χ4v) is 5.94. The molecule has 0 N–H and O–H groups in total. The molecule has 2 aliphatic heterocycles. The number of fused-ring (bicyclic) bond motifs is 1. The first kappa shape index (κ1) is 22.6. The third-order valence-electron chi connectivity index (χ3n) is 6.18. The van der Waals surface area contributed by atoms with Gasteiger partial charge in [-0.15, -0.1) is 0 Å². The lowest BCUT2D eigenvalue weighted by Crippen LogP contribution is -2.44. The van der Waals surface area contributed by atoms with E-state index in [0.29, 0.717) is 57.2 Å². The summed E-state index contributed by atoms with van der Waals surface area (Å²) in [5.74, 6) is 0.887. The molecule has 4 rings (SSSR count). The number of aryl methyl sites for hydroxylation is 2. The van der Waals surface area contributed by atoms with Gasteiger partial charge in [0.05, 0.1) is 4.90 Å². The normalized spacial score (nSPS) is 17.2. The molecule has 0 spiro atoms. The Morgan fingerprint density at radius 3 is 2.38 bits per heavy atom. The van der Waals surface area contributed by atoms with Crippen LogP contribution in [0.3, 0.4) is 0 Å². The van der Waals surface area contributed by atoms with Gasteiger partial charge in [-0.3, -0.25) is 4.79 Å². The Morgan fingerprint density at radius 1 is 1.03 bits per heavy atom. The smallest absolute Gasteiger partial charge is 0.243 e. The van der Waals surface area contributed by atoms with Gasteiger partial charge in [0.15, 0.2) is 11.5 Å². The molecule has 7 nitrogen and oxygen atoms in total. The molecule has 0 aliphatic carbocycles. The maximum atomic E-state index is 13.3. The van der Waals surface area contributed by atoms with E-state index in [9.17, 15) is 13.2 Å². The Hall–Kier alpha value is -2.58. The first-order valence-electron chi connectivity index (χ1n) is 11.1. The van der Waals surface area contributed by atoms with Gasteiger partial charge in [0.25, 0.3) is 0 Å². The summed E-state index contributed by atoms with van der Waals surface area (Å²) in [5, 5.41) is 0. The van der Waals surface area contributed by atoms with Crippen molar-refractivity contribution in [3.8, 4) is 11.5 Å². The van der Waals surface area contributed by atoms with Gasteiger partial charge < -0.3 is 14.4 Å². The monoisotopic (exact) mass is 458 g/mol. The maximum absolute atomic E-state index is 13.3. The van der Waals surface area contributed by atoms with Crippen molar-refractivity contribution in [2.24, 2.45) is 5.92 Å². The van der Waals surface area contributed by atoms with Crippen LogP contribution in [0.5, 0.6) is 11.5 Å².